The Balaban J connectivity index is 1.80. The molecule has 0 atom stereocenters. The predicted molar refractivity (Wildman–Crippen MR) is 96.1 cm³/mol. The lowest BCUT2D eigenvalue weighted by Gasteiger charge is -2.17. The third-order valence-corrected chi connectivity index (χ3v) is 4.74. The summed E-state index contributed by atoms with van der Waals surface area (Å²) in [5.74, 6) is 1.59. The first-order chi connectivity index (χ1) is 11.2. The van der Waals surface area contributed by atoms with Crippen LogP contribution in [0.25, 0.3) is 0 Å². The molecule has 0 saturated heterocycles. The van der Waals surface area contributed by atoms with E-state index in [0.717, 1.165) is 33.6 Å². The van der Waals surface area contributed by atoms with E-state index >= 15 is 0 Å². The number of halogens is 1. The molecule has 0 unspecified atom stereocenters. The van der Waals surface area contributed by atoms with Crippen LogP contribution in [0.4, 0.5) is 0 Å². The standard InChI is InChI=1S/C19H22BrNO2/c1-13-4-3-5-14(10-13)12-23-19-16(11-21-15-6-7-15)17(20)8-9-18(19)22-2/h3-5,8-10,15,21H,6-7,11-12H2,1-2H3. The molecule has 1 fully saturated rings. The van der Waals surface area contributed by atoms with Crippen LogP contribution in [0.15, 0.2) is 40.9 Å². The monoisotopic (exact) mass is 375 g/mol. The molecule has 23 heavy (non-hydrogen) atoms. The fraction of sp³-hybridized carbons (Fsp3) is 0.368. The smallest absolute Gasteiger partial charge is 0.167 e. The highest BCUT2D eigenvalue weighted by atomic mass is 79.9. The van der Waals surface area contributed by atoms with Crippen molar-refractivity contribution in [1.82, 2.24) is 5.32 Å². The summed E-state index contributed by atoms with van der Waals surface area (Å²) in [5, 5.41) is 3.55. The topological polar surface area (TPSA) is 30.5 Å². The van der Waals surface area contributed by atoms with Gasteiger partial charge in [0.1, 0.15) is 6.61 Å². The van der Waals surface area contributed by atoms with Crippen LogP contribution >= 0.6 is 15.9 Å². The van der Waals surface area contributed by atoms with E-state index in [1.54, 1.807) is 7.11 Å². The van der Waals surface area contributed by atoms with E-state index in [2.05, 4.69) is 52.4 Å². The minimum atomic E-state index is 0.533. The molecule has 3 rings (SSSR count). The largest absolute Gasteiger partial charge is 0.493 e. The normalized spacial score (nSPS) is 13.9. The highest BCUT2D eigenvalue weighted by Crippen LogP contribution is 2.37. The maximum atomic E-state index is 6.14. The quantitative estimate of drug-likeness (QED) is 0.766. The number of methoxy groups -OCH3 is 1. The molecule has 0 amide bonds. The van der Waals surface area contributed by atoms with E-state index in [4.69, 9.17) is 9.47 Å². The van der Waals surface area contributed by atoms with Crippen molar-refractivity contribution in [3.05, 3.63) is 57.6 Å². The van der Waals surface area contributed by atoms with Crippen molar-refractivity contribution >= 4 is 15.9 Å². The summed E-state index contributed by atoms with van der Waals surface area (Å²) in [4.78, 5) is 0. The summed E-state index contributed by atoms with van der Waals surface area (Å²) in [6.07, 6.45) is 2.53. The van der Waals surface area contributed by atoms with E-state index in [-0.39, 0.29) is 0 Å². The van der Waals surface area contributed by atoms with Crippen LogP contribution in [0.3, 0.4) is 0 Å². The Labute approximate surface area is 146 Å². The van der Waals surface area contributed by atoms with Gasteiger partial charge in [0.05, 0.1) is 7.11 Å². The number of nitrogens with one attached hydrogen (secondary N) is 1. The van der Waals surface area contributed by atoms with Gasteiger partial charge in [-0.2, -0.15) is 0 Å². The summed E-state index contributed by atoms with van der Waals surface area (Å²) in [7, 11) is 1.68. The van der Waals surface area contributed by atoms with Crippen molar-refractivity contribution in [3.8, 4) is 11.5 Å². The van der Waals surface area contributed by atoms with Gasteiger partial charge in [-0.1, -0.05) is 45.8 Å². The minimum absolute atomic E-state index is 0.533. The molecule has 0 heterocycles. The summed E-state index contributed by atoms with van der Waals surface area (Å²) in [5.41, 5.74) is 3.51. The Morgan fingerprint density at radius 1 is 1.22 bits per heavy atom. The lowest BCUT2D eigenvalue weighted by molar-refractivity contribution is 0.280. The van der Waals surface area contributed by atoms with Crippen molar-refractivity contribution < 1.29 is 9.47 Å². The van der Waals surface area contributed by atoms with Crippen molar-refractivity contribution in [2.75, 3.05) is 7.11 Å². The molecule has 0 radical (unpaired) electrons. The summed E-state index contributed by atoms with van der Waals surface area (Å²) in [6, 6.07) is 13.0. The first-order valence-corrected chi connectivity index (χ1v) is 8.74. The Morgan fingerprint density at radius 2 is 2.04 bits per heavy atom. The second-order valence-electron chi connectivity index (χ2n) is 5.99. The molecule has 1 aliphatic carbocycles. The average Bonchev–Trinajstić information content (AvgIpc) is 3.36. The van der Waals surface area contributed by atoms with Crippen molar-refractivity contribution in [1.29, 1.82) is 0 Å². The SMILES string of the molecule is COc1ccc(Br)c(CNC2CC2)c1OCc1cccc(C)c1. The van der Waals surface area contributed by atoms with E-state index in [1.165, 1.54) is 18.4 Å². The molecule has 1 aliphatic rings. The molecule has 0 aromatic heterocycles. The van der Waals surface area contributed by atoms with Crippen LogP contribution in [0.1, 0.15) is 29.5 Å². The van der Waals surface area contributed by atoms with E-state index in [9.17, 15) is 0 Å². The summed E-state index contributed by atoms with van der Waals surface area (Å²) >= 11 is 3.64. The maximum absolute atomic E-state index is 6.14. The van der Waals surface area contributed by atoms with Crippen molar-refractivity contribution in [3.63, 3.8) is 0 Å². The number of hydrogen-bond acceptors (Lipinski definition) is 3. The molecule has 122 valence electrons. The predicted octanol–water partition coefficient (Wildman–Crippen LogP) is 4.60. The molecule has 0 bridgehead atoms. The molecule has 4 heteroatoms. The van der Waals surface area contributed by atoms with Gasteiger partial charge in [0, 0.05) is 22.6 Å². The Morgan fingerprint density at radius 3 is 2.74 bits per heavy atom. The lowest BCUT2D eigenvalue weighted by atomic mass is 10.1. The van der Waals surface area contributed by atoms with Gasteiger partial charge in [-0.15, -0.1) is 0 Å². The molecule has 0 aliphatic heterocycles. The molecule has 2 aromatic rings. The molecule has 2 aromatic carbocycles. The van der Waals surface area contributed by atoms with Gasteiger partial charge >= 0.3 is 0 Å². The molecule has 1 N–H and O–H groups in total. The molecule has 0 spiro atoms. The molecule has 1 saturated carbocycles. The van der Waals surface area contributed by atoms with Gasteiger partial charge in [0.15, 0.2) is 11.5 Å². The number of ether oxygens (including phenoxy) is 2. The second-order valence-corrected chi connectivity index (χ2v) is 6.84. The highest BCUT2D eigenvalue weighted by molar-refractivity contribution is 9.10. The molecular formula is C19H22BrNO2. The van der Waals surface area contributed by atoms with Gasteiger partial charge in [-0.3, -0.25) is 0 Å². The first kappa shape index (κ1) is 16.3. The highest BCUT2D eigenvalue weighted by Gasteiger charge is 2.22. The molecule has 3 nitrogen and oxygen atoms in total. The zero-order valence-corrected chi connectivity index (χ0v) is 15.2. The fourth-order valence-corrected chi connectivity index (χ4v) is 3.01. The third kappa shape index (κ3) is 4.27. The summed E-state index contributed by atoms with van der Waals surface area (Å²) < 4.78 is 12.7. The van der Waals surface area contributed by atoms with E-state index < -0.39 is 0 Å². The third-order valence-electron chi connectivity index (χ3n) is 4.00. The van der Waals surface area contributed by atoms with Gasteiger partial charge in [0.25, 0.3) is 0 Å². The zero-order chi connectivity index (χ0) is 16.2. The second kappa shape index (κ2) is 7.37. The van der Waals surface area contributed by atoms with Gasteiger partial charge in [-0.05, 0) is 37.5 Å². The fourth-order valence-electron chi connectivity index (χ4n) is 2.56. The number of benzene rings is 2. The number of aryl methyl sites for hydroxylation is 1. The van der Waals surface area contributed by atoms with Gasteiger partial charge in [0.2, 0.25) is 0 Å². The van der Waals surface area contributed by atoms with Gasteiger partial charge < -0.3 is 14.8 Å². The first-order valence-electron chi connectivity index (χ1n) is 7.94. The van der Waals surface area contributed by atoms with Crippen molar-refractivity contribution in [2.45, 2.75) is 39.0 Å². The van der Waals surface area contributed by atoms with E-state index in [0.29, 0.717) is 12.6 Å². The Hall–Kier alpha value is -1.52. The number of rotatable bonds is 7. The van der Waals surface area contributed by atoms with Crippen molar-refractivity contribution in [2.24, 2.45) is 0 Å². The van der Waals surface area contributed by atoms with Gasteiger partial charge in [-0.25, -0.2) is 0 Å². The molecular weight excluding hydrogens is 354 g/mol. The van der Waals surface area contributed by atoms with Crippen LogP contribution in [-0.4, -0.2) is 13.2 Å². The van der Waals surface area contributed by atoms with E-state index in [1.807, 2.05) is 12.1 Å². The number of hydrogen-bond donors (Lipinski definition) is 1. The Bertz CT molecular complexity index is 683. The summed E-state index contributed by atoms with van der Waals surface area (Å²) in [6.45, 7) is 3.41. The van der Waals surface area contributed by atoms with Crippen LogP contribution in [0, 0.1) is 6.92 Å². The average molecular weight is 376 g/mol. The van der Waals surface area contributed by atoms with Crippen LogP contribution in [0.5, 0.6) is 11.5 Å². The van der Waals surface area contributed by atoms with Crippen LogP contribution in [0.2, 0.25) is 0 Å². The maximum Gasteiger partial charge on any atom is 0.167 e. The van der Waals surface area contributed by atoms with Crippen LogP contribution < -0.4 is 14.8 Å². The Kier molecular flexibility index (Phi) is 5.23. The van der Waals surface area contributed by atoms with Crippen LogP contribution in [-0.2, 0) is 13.2 Å². The zero-order valence-electron chi connectivity index (χ0n) is 13.6. The minimum Gasteiger partial charge on any atom is -0.493 e. The lowest BCUT2D eigenvalue weighted by Crippen LogP contribution is -2.17.